The zero-order valence-electron chi connectivity index (χ0n) is 7.41. The van der Waals surface area contributed by atoms with Crippen LogP contribution in [0.4, 0.5) is 0 Å². The van der Waals surface area contributed by atoms with Crippen molar-refractivity contribution in [3.05, 3.63) is 0 Å². The third kappa shape index (κ3) is 8.09. The molecule has 0 fully saturated rings. The molecule has 0 heterocycles. The Hall–Kier alpha value is 1.75. The minimum atomic E-state index is -1.62. The Morgan fingerprint density at radius 1 is 0.909 bits per heavy atom. The van der Waals surface area contributed by atoms with Crippen LogP contribution in [-0.2, 0) is 0 Å². The molecule has 0 aromatic rings. The van der Waals surface area contributed by atoms with E-state index in [0.717, 1.165) is 0 Å². The van der Waals surface area contributed by atoms with Gasteiger partial charge in [0.2, 0.25) is 0 Å². The normalized spacial score (nSPS) is 13.5. The Balaban J connectivity index is 3.43. The summed E-state index contributed by atoms with van der Waals surface area (Å²) in [5.74, 6) is 0. The van der Waals surface area contributed by atoms with Gasteiger partial charge in [0.25, 0.3) is 0 Å². The molecule has 11 heavy (non-hydrogen) atoms. The molecular formula is C8H18Br2Te. The summed E-state index contributed by atoms with van der Waals surface area (Å²) in [7, 11) is 0. The van der Waals surface area contributed by atoms with E-state index >= 15 is 0 Å². The van der Waals surface area contributed by atoms with Crippen molar-refractivity contribution in [2.75, 3.05) is 0 Å². The summed E-state index contributed by atoms with van der Waals surface area (Å²) in [5.41, 5.74) is 0. The molecule has 0 atom stereocenters. The molecule has 3 heteroatoms. The number of halogens is 2. The Bertz CT molecular complexity index is 84.1. The molecule has 0 aliphatic heterocycles. The van der Waals surface area contributed by atoms with Gasteiger partial charge in [-0.25, -0.2) is 0 Å². The van der Waals surface area contributed by atoms with Crippen LogP contribution in [0, 0.1) is 0 Å². The SMILES string of the molecule is CCCC[Te](Br)(Br)CCCC. The maximum absolute atomic E-state index is 3.89. The van der Waals surface area contributed by atoms with Crippen LogP contribution in [0.25, 0.3) is 0 Å². The predicted octanol–water partition coefficient (Wildman–Crippen LogP) is 4.82. The third-order valence-corrected chi connectivity index (χ3v) is 15.3. The molecule has 0 aliphatic carbocycles. The molecule has 70 valence electrons. The van der Waals surface area contributed by atoms with Crippen molar-refractivity contribution in [1.29, 1.82) is 0 Å². The van der Waals surface area contributed by atoms with Crippen LogP contribution in [-0.4, -0.2) is 13.8 Å². The fourth-order valence-corrected chi connectivity index (χ4v) is 11.6. The average Bonchev–Trinajstić information content (AvgIpc) is 1.97. The molecule has 0 N–H and O–H groups in total. The molecule has 0 aliphatic rings. The van der Waals surface area contributed by atoms with Gasteiger partial charge in [-0.15, -0.1) is 0 Å². The zero-order chi connectivity index (χ0) is 8.74. The van der Waals surface area contributed by atoms with Gasteiger partial charge < -0.3 is 0 Å². The summed E-state index contributed by atoms with van der Waals surface area (Å²) in [6, 6.07) is 0. The summed E-state index contributed by atoms with van der Waals surface area (Å²) in [6.45, 7) is 4.52. The number of hydrogen-bond acceptors (Lipinski definition) is 0. The average molecular weight is 402 g/mol. The van der Waals surface area contributed by atoms with Gasteiger partial charge in [0.15, 0.2) is 0 Å². The minimum absolute atomic E-state index is 1.33. The summed E-state index contributed by atoms with van der Waals surface area (Å²) in [4.78, 5) is 0. The van der Waals surface area contributed by atoms with Crippen molar-refractivity contribution >= 4 is 39.3 Å². The molecule has 0 amide bonds. The van der Waals surface area contributed by atoms with E-state index in [4.69, 9.17) is 0 Å². The second kappa shape index (κ2) is 7.18. The molecule has 0 rings (SSSR count). The summed E-state index contributed by atoms with van der Waals surface area (Å²) >= 11 is 6.16. The first kappa shape index (κ1) is 12.7. The van der Waals surface area contributed by atoms with Crippen molar-refractivity contribution in [3.8, 4) is 0 Å². The summed E-state index contributed by atoms with van der Waals surface area (Å²) in [5, 5.41) is 0. The van der Waals surface area contributed by atoms with Crippen molar-refractivity contribution in [2.45, 2.75) is 48.5 Å². The molecular weight excluding hydrogens is 383 g/mol. The molecule has 0 saturated heterocycles. The van der Waals surface area contributed by atoms with Gasteiger partial charge in [0.05, 0.1) is 0 Å². The van der Waals surface area contributed by atoms with E-state index in [9.17, 15) is 0 Å². The number of unbranched alkanes of at least 4 members (excludes halogenated alkanes) is 2. The molecule has 0 bridgehead atoms. The molecule has 0 unspecified atom stereocenters. The van der Waals surface area contributed by atoms with Gasteiger partial charge in [0.1, 0.15) is 0 Å². The summed E-state index contributed by atoms with van der Waals surface area (Å²) in [6.07, 6.45) is 5.44. The second-order valence-electron chi connectivity index (χ2n) is 2.81. The van der Waals surface area contributed by atoms with Gasteiger partial charge >= 0.3 is 87.7 Å². The van der Waals surface area contributed by atoms with E-state index in [1.165, 1.54) is 34.6 Å². The first-order valence-electron chi connectivity index (χ1n) is 4.30. The predicted molar refractivity (Wildman–Crippen MR) is 63.0 cm³/mol. The fraction of sp³-hybridized carbons (Fsp3) is 1.00. The fourth-order valence-electron chi connectivity index (χ4n) is 0.813. The first-order chi connectivity index (χ1) is 5.12. The van der Waals surface area contributed by atoms with Crippen LogP contribution >= 0.6 is 25.5 Å². The van der Waals surface area contributed by atoms with Crippen LogP contribution in [0.2, 0.25) is 8.94 Å². The van der Waals surface area contributed by atoms with E-state index in [2.05, 4.69) is 39.4 Å². The molecule has 0 radical (unpaired) electrons. The van der Waals surface area contributed by atoms with Gasteiger partial charge in [-0.05, 0) is 0 Å². The standard InChI is InChI=1S/C8H18Br2Te/c1-3-5-7-11(9,10)8-6-4-2/h3-8H2,1-2H3. The Labute approximate surface area is 86.9 Å². The monoisotopic (exact) mass is 402 g/mol. The van der Waals surface area contributed by atoms with Crippen LogP contribution < -0.4 is 0 Å². The van der Waals surface area contributed by atoms with Gasteiger partial charge in [-0.1, -0.05) is 0 Å². The van der Waals surface area contributed by atoms with Crippen LogP contribution in [0.15, 0.2) is 0 Å². The maximum atomic E-state index is 3.89. The molecule has 0 spiro atoms. The Morgan fingerprint density at radius 2 is 1.27 bits per heavy atom. The first-order valence-corrected chi connectivity index (χ1v) is 18.0. The zero-order valence-corrected chi connectivity index (χ0v) is 12.9. The Kier molecular flexibility index (Phi) is 8.32. The quantitative estimate of drug-likeness (QED) is 0.560. The molecule has 0 aromatic carbocycles. The van der Waals surface area contributed by atoms with Crippen LogP contribution in [0.5, 0.6) is 0 Å². The molecule has 0 aromatic heterocycles. The van der Waals surface area contributed by atoms with Crippen molar-refractivity contribution in [1.82, 2.24) is 0 Å². The van der Waals surface area contributed by atoms with E-state index in [0.29, 0.717) is 0 Å². The third-order valence-electron chi connectivity index (χ3n) is 1.59. The van der Waals surface area contributed by atoms with Crippen LogP contribution in [0.1, 0.15) is 39.5 Å². The van der Waals surface area contributed by atoms with E-state index in [1.807, 2.05) is 0 Å². The number of rotatable bonds is 6. The molecule has 0 saturated carbocycles. The van der Waals surface area contributed by atoms with E-state index < -0.39 is 13.8 Å². The van der Waals surface area contributed by atoms with Gasteiger partial charge in [-0.2, -0.15) is 0 Å². The van der Waals surface area contributed by atoms with Gasteiger partial charge in [-0.3, -0.25) is 0 Å². The van der Waals surface area contributed by atoms with E-state index in [1.54, 1.807) is 0 Å². The van der Waals surface area contributed by atoms with Crippen molar-refractivity contribution in [2.24, 2.45) is 0 Å². The summed E-state index contributed by atoms with van der Waals surface area (Å²) < 4.78 is 2.86. The van der Waals surface area contributed by atoms with Crippen LogP contribution in [0.3, 0.4) is 0 Å². The number of hydrogen-bond donors (Lipinski definition) is 0. The van der Waals surface area contributed by atoms with E-state index in [-0.39, 0.29) is 0 Å². The van der Waals surface area contributed by atoms with Crippen molar-refractivity contribution < 1.29 is 0 Å². The van der Waals surface area contributed by atoms with Gasteiger partial charge in [0, 0.05) is 0 Å². The molecule has 0 nitrogen and oxygen atoms in total. The second-order valence-corrected chi connectivity index (χ2v) is 31.6. The topological polar surface area (TPSA) is 0 Å². The van der Waals surface area contributed by atoms with Crippen molar-refractivity contribution in [3.63, 3.8) is 0 Å². The Morgan fingerprint density at radius 3 is 1.55 bits per heavy atom.